The number of nitrogen functional groups attached to an aromatic ring is 1. The van der Waals surface area contributed by atoms with Crippen LogP contribution in [0.5, 0.6) is 0 Å². The van der Waals surface area contributed by atoms with E-state index in [1.165, 1.54) is 18.6 Å². The summed E-state index contributed by atoms with van der Waals surface area (Å²) in [5.41, 5.74) is 9.25. The summed E-state index contributed by atoms with van der Waals surface area (Å²) in [6, 6.07) is 3.75. The minimum Gasteiger partial charge on any atom is -0.398 e. The number of amides is 1. The number of nitrogens with two attached hydrogens (primary N) is 1. The number of carbonyl (C=O) groups is 1. The Morgan fingerprint density at radius 1 is 1.44 bits per heavy atom. The Kier molecular flexibility index (Phi) is 4.17. The molecule has 4 heteroatoms. The van der Waals surface area contributed by atoms with Gasteiger partial charge in [-0.2, -0.15) is 11.8 Å². The van der Waals surface area contributed by atoms with E-state index in [4.69, 9.17) is 5.73 Å². The van der Waals surface area contributed by atoms with Gasteiger partial charge in [-0.1, -0.05) is 6.07 Å². The highest BCUT2D eigenvalue weighted by Gasteiger charge is 2.17. The molecule has 2 rings (SSSR count). The Morgan fingerprint density at radius 3 is 2.89 bits per heavy atom. The molecule has 0 saturated carbocycles. The van der Waals surface area contributed by atoms with Gasteiger partial charge in [-0.15, -0.1) is 0 Å². The number of benzene rings is 1. The lowest BCUT2D eigenvalue weighted by Gasteiger charge is -2.13. The van der Waals surface area contributed by atoms with Gasteiger partial charge in [0.05, 0.1) is 0 Å². The minimum absolute atomic E-state index is 0.00769. The molecule has 1 heterocycles. The van der Waals surface area contributed by atoms with E-state index >= 15 is 0 Å². The maximum absolute atomic E-state index is 12.1. The maximum atomic E-state index is 12.1. The molecule has 0 aromatic heterocycles. The first-order chi connectivity index (χ1) is 8.58. The van der Waals surface area contributed by atoms with E-state index in [2.05, 4.69) is 5.32 Å². The third-order valence-electron chi connectivity index (χ3n) is 3.37. The minimum atomic E-state index is -0.00769. The van der Waals surface area contributed by atoms with E-state index in [0.29, 0.717) is 16.5 Å². The highest BCUT2D eigenvalue weighted by Crippen LogP contribution is 2.25. The Morgan fingerprint density at radius 2 is 2.22 bits per heavy atom. The molecule has 1 atom stereocenters. The molecule has 0 aliphatic carbocycles. The van der Waals surface area contributed by atoms with Gasteiger partial charge >= 0.3 is 0 Å². The number of nitrogens with one attached hydrogen (secondary N) is 1. The molecule has 0 bridgehead atoms. The van der Waals surface area contributed by atoms with Gasteiger partial charge in [0.1, 0.15) is 0 Å². The Balaban J connectivity index is 2.01. The SMILES string of the molecule is Cc1cc(C)c(C(=O)NCC2CCCS2)cc1N. The normalized spacial score (nSPS) is 18.9. The van der Waals surface area contributed by atoms with Crippen molar-refractivity contribution in [3.05, 3.63) is 28.8 Å². The van der Waals surface area contributed by atoms with Crippen LogP contribution in [-0.2, 0) is 0 Å². The molecule has 1 saturated heterocycles. The molecule has 0 radical (unpaired) electrons. The van der Waals surface area contributed by atoms with Gasteiger partial charge in [0.25, 0.3) is 5.91 Å². The fourth-order valence-electron chi connectivity index (χ4n) is 2.22. The summed E-state index contributed by atoms with van der Waals surface area (Å²) in [4.78, 5) is 12.1. The third-order valence-corrected chi connectivity index (χ3v) is 4.77. The van der Waals surface area contributed by atoms with E-state index in [9.17, 15) is 4.79 Å². The zero-order valence-electron chi connectivity index (χ0n) is 11.0. The van der Waals surface area contributed by atoms with E-state index in [1.807, 2.05) is 31.7 Å². The molecular formula is C14H20N2OS. The van der Waals surface area contributed by atoms with Crippen molar-refractivity contribution in [3.63, 3.8) is 0 Å². The topological polar surface area (TPSA) is 55.1 Å². The molecule has 3 nitrogen and oxygen atoms in total. The van der Waals surface area contributed by atoms with Crippen LogP contribution in [0, 0.1) is 13.8 Å². The summed E-state index contributed by atoms with van der Waals surface area (Å²) in [7, 11) is 0. The number of anilines is 1. The number of carbonyl (C=O) groups excluding carboxylic acids is 1. The van der Waals surface area contributed by atoms with Crippen molar-refractivity contribution in [2.45, 2.75) is 31.9 Å². The second-order valence-electron chi connectivity index (χ2n) is 4.87. The molecule has 18 heavy (non-hydrogen) atoms. The van der Waals surface area contributed by atoms with Gasteiger partial charge in [-0.25, -0.2) is 0 Å². The highest BCUT2D eigenvalue weighted by atomic mass is 32.2. The van der Waals surface area contributed by atoms with Crippen LogP contribution in [-0.4, -0.2) is 23.5 Å². The third kappa shape index (κ3) is 2.99. The highest BCUT2D eigenvalue weighted by molar-refractivity contribution is 8.00. The number of hydrogen-bond donors (Lipinski definition) is 2. The smallest absolute Gasteiger partial charge is 0.251 e. The average Bonchev–Trinajstić information content (AvgIpc) is 2.84. The molecule has 0 spiro atoms. The second-order valence-corrected chi connectivity index (χ2v) is 6.28. The molecule has 1 fully saturated rings. The van der Waals surface area contributed by atoms with Crippen LogP contribution in [0.15, 0.2) is 12.1 Å². The largest absolute Gasteiger partial charge is 0.398 e. The Bertz CT molecular complexity index is 453. The van der Waals surface area contributed by atoms with Crippen LogP contribution in [0.25, 0.3) is 0 Å². The molecule has 1 aliphatic heterocycles. The van der Waals surface area contributed by atoms with E-state index in [1.54, 1.807) is 6.07 Å². The Hall–Kier alpha value is -1.16. The number of rotatable bonds is 3. The predicted molar refractivity (Wildman–Crippen MR) is 78.1 cm³/mol. The summed E-state index contributed by atoms with van der Waals surface area (Å²) in [5, 5.41) is 3.59. The molecule has 3 N–H and O–H groups in total. The van der Waals surface area contributed by atoms with Gasteiger partial charge < -0.3 is 11.1 Å². The average molecular weight is 264 g/mol. The van der Waals surface area contributed by atoms with E-state index in [-0.39, 0.29) is 5.91 Å². The van der Waals surface area contributed by atoms with Crippen molar-refractivity contribution >= 4 is 23.4 Å². The lowest BCUT2D eigenvalue weighted by atomic mass is 10.0. The fourth-order valence-corrected chi connectivity index (χ4v) is 3.42. The van der Waals surface area contributed by atoms with Crippen LogP contribution in [0.4, 0.5) is 5.69 Å². The molecule has 1 aromatic rings. The predicted octanol–water partition coefficient (Wildman–Crippen LogP) is 2.51. The van der Waals surface area contributed by atoms with E-state index < -0.39 is 0 Å². The number of hydrogen-bond acceptors (Lipinski definition) is 3. The molecule has 1 aromatic carbocycles. The van der Waals surface area contributed by atoms with E-state index in [0.717, 1.165) is 17.7 Å². The van der Waals surface area contributed by atoms with Crippen LogP contribution in [0.3, 0.4) is 0 Å². The zero-order valence-corrected chi connectivity index (χ0v) is 11.8. The summed E-state index contributed by atoms with van der Waals surface area (Å²) < 4.78 is 0. The van der Waals surface area contributed by atoms with Crippen molar-refractivity contribution in [2.75, 3.05) is 18.0 Å². The quantitative estimate of drug-likeness (QED) is 0.825. The van der Waals surface area contributed by atoms with Gasteiger partial charge in [0.2, 0.25) is 0 Å². The van der Waals surface area contributed by atoms with Crippen LogP contribution >= 0.6 is 11.8 Å². The van der Waals surface area contributed by atoms with Crippen molar-refractivity contribution < 1.29 is 4.79 Å². The standard InChI is InChI=1S/C14H20N2OS/c1-9-6-10(2)13(15)7-12(9)14(17)16-8-11-4-3-5-18-11/h6-7,11H,3-5,8,15H2,1-2H3,(H,16,17). The molecule has 1 aliphatic rings. The Labute approximate surface area is 113 Å². The molecule has 1 amide bonds. The summed E-state index contributed by atoms with van der Waals surface area (Å²) in [6.45, 7) is 4.67. The van der Waals surface area contributed by atoms with Gasteiger partial charge in [-0.05, 0) is 49.6 Å². The first kappa shape index (κ1) is 13.3. The van der Waals surface area contributed by atoms with Gasteiger partial charge in [0, 0.05) is 23.0 Å². The lowest BCUT2D eigenvalue weighted by molar-refractivity contribution is 0.0953. The number of thioether (sulfide) groups is 1. The molecular weight excluding hydrogens is 244 g/mol. The summed E-state index contributed by atoms with van der Waals surface area (Å²) >= 11 is 1.95. The van der Waals surface area contributed by atoms with Gasteiger partial charge in [0.15, 0.2) is 0 Å². The van der Waals surface area contributed by atoms with Crippen LogP contribution < -0.4 is 11.1 Å². The summed E-state index contributed by atoms with van der Waals surface area (Å²) in [5.74, 6) is 1.21. The first-order valence-electron chi connectivity index (χ1n) is 6.34. The maximum Gasteiger partial charge on any atom is 0.251 e. The zero-order chi connectivity index (χ0) is 13.1. The van der Waals surface area contributed by atoms with Crippen molar-refractivity contribution in [3.8, 4) is 0 Å². The summed E-state index contributed by atoms with van der Waals surface area (Å²) in [6.07, 6.45) is 2.47. The lowest BCUT2D eigenvalue weighted by Crippen LogP contribution is -2.30. The van der Waals surface area contributed by atoms with Crippen LogP contribution in [0.2, 0.25) is 0 Å². The van der Waals surface area contributed by atoms with Crippen molar-refractivity contribution in [2.24, 2.45) is 0 Å². The van der Waals surface area contributed by atoms with Gasteiger partial charge in [-0.3, -0.25) is 4.79 Å². The van der Waals surface area contributed by atoms with Crippen molar-refractivity contribution in [1.29, 1.82) is 0 Å². The monoisotopic (exact) mass is 264 g/mol. The molecule has 1 unspecified atom stereocenters. The van der Waals surface area contributed by atoms with Crippen molar-refractivity contribution in [1.82, 2.24) is 5.32 Å². The fraction of sp³-hybridized carbons (Fsp3) is 0.500. The number of aryl methyl sites for hydroxylation is 2. The second kappa shape index (κ2) is 5.65. The molecule has 98 valence electrons. The first-order valence-corrected chi connectivity index (χ1v) is 7.39. The van der Waals surface area contributed by atoms with Crippen LogP contribution in [0.1, 0.15) is 34.3 Å².